The molecule has 2 amide bonds. The molecule has 0 unspecified atom stereocenters. The van der Waals surface area contributed by atoms with E-state index in [9.17, 15) is 14.4 Å². The molecule has 1 heterocycles. The molecule has 0 fully saturated rings. The van der Waals surface area contributed by atoms with E-state index >= 15 is 0 Å². The largest absolute Gasteiger partial charge is 0.419 e. The quantitative estimate of drug-likeness (QED) is 0.611. The number of fused-ring (bicyclic) bond motifs is 1. The van der Waals surface area contributed by atoms with E-state index in [2.05, 4.69) is 5.32 Å². The van der Waals surface area contributed by atoms with Crippen molar-refractivity contribution in [3.05, 3.63) is 63.1 Å². The number of amides is 2. The molecule has 0 spiro atoms. The fourth-order valence-electron chi connectivity index (χ4n) is 2.94. The lowest BCUT2D eigenvalue weighted by Gasteiger charge is -2.21. The van der Waals surface area contributed by atoms with Crippen LogP contribution in [0.1, 0.15) is 13.3 Å². The molecule has 9 heteroatoms. The van der Waals surface area contributed by atoms with Gasteiger partial charge in [0.2, 0.25) is 11.8 Å². The van der Waals surface area contributed by atoms with E-state index < -0.39 is 11.7 Å². The first-order chi connectivity index (χ1) is 13.9. The number of para-hydroxylation sites is 3. The van der Waals surface area contributed by atoms with Crippen LogP contribution in [0.15, 0.2) is 51.7 Å². The average Bonchev–Trinajstić information content (AvgIpc) is 3.02. The first-order valence-electron chi connectivity index (χ1n) is 9.00. The first-order valence-corrected chi connectivity index (χ1v) is 9.76. The summed E-state index contributed by atoms with van der Waals surface area (Å²) in [4.78, 5) is 38.4. The summed E-state index contributed by atoms with van der Waals surface area (Å²) in [6.07, 6.45) is 0.0530. The zero-order valence-corrected chi connectivity index (χ0v) is 17.2. The summed E-state index contributed by atoms with van der Waals surface area (Å²) in [5, 5.41) is 3.26. The van der Waals surface area contributed by atoms with E-state index in [0.717, 1.165) is 0 Å². The molecular weight excluding hydrogens is 417 g/mol. The summed E-state index contributed by atoms with van der Waals surface area (Å²) in [5.41, 5.74) is 1.40. The highest BCUT2D eigenvalue weighted by atomic mass is 35.5. The van der Waals surface area contributed by atoms with Gasteiger partial charge in [-0.1, -0.05) is 41.4 Å². The minimum Gasteiger partial charge on any atom is -0.408 e. The molecule has 0 aliphatic heterocycles. The summed E-state index contributed by atoms with van der Waals surface area (Å²) in [6.45, 7) is 2.11. The van der Waals surface area contributed by atoms with Crippen molar-refractivity contribution in [2.24, 2.45) is 0 Å². The second-order valence-corrected chi connectivity index (χ2v) is 7.10. The second-order valence-electron chi connectivity index (χ2n) is 6.29. The third-order valence-corrected chi connectivity index (χ3v) is 5.05. The third kappa shape index (κ3) is 4.81. The molecule has 2 aromatic carbocycles. The maximum absolute atomic E-state index is 12.6. The molecule has 0 aliphatic carbocycles. The second kappa shape index (κ2) is 9.15. The summed E-state index contributed by atoms with van der Waals surface area (Å²) < 4.78 is 6.57. The van der Waals surface area contributed by atoms with E-state index in [-0.39, 0.29) is 25.4 Å². The van der Waals surface area contributed by atoms with Crippen LogP contribution in [0.4, 0.5) is 5.69 Å². The third-order valence-electron chi connectivity index (χ3n) is 4.42. The minimum absolute atomic E-state index is 0.0530. The number of nitrogens with zero attached hydrogens (tertiary/aromatic N) is 2. The lowest BCUT2D eigenvalue weighted by atomic mass is 10.3. The molecule has 0 saturated heterocycles. The summed E-state index contributed by atoms with van der Waals surface area (Å²) in [5.74, 6) is -1.20. The number of rotatable bonds is 7. The van der Waals surface area contributed by atoms with E-state index in [4.69, 9.17) is 27.6 Å². The molecule has 3 aromatic rings. The van der Waals surface area contributed by atoms with Crippen LogP contribution in [0.5, 0.6) is 0 Å². The van der Waals surface area contributed by atoms with Crippen LogP contribution < -0.4 is 11.1 Å². The van der Waals surface area contributed by atoms with Crippen molar-refractivity contribution in [2.45, 2.75) is 19.9 Å². The number of likely N-dealkylation sites (N-methyl/N-ethyl adjacent to an activating group) is 1. The molecule has 152 valence electrons. The Kier molecular flexibility index (Phi) is 6.61. The molecule has 7 nitrogen and oxygen atoms in total. The zero-order chi connectivity index (χ0) is 21.0. The minimum atomic E-state index is -0.520. The van der Waals surface area contributed by atoms with Crippen molar-refractivity contribution < 1.29 is 14.0 Å². The molecule has 29 heavy (non-hydrogen) atoms. The van der Waals surface area contributed by atoms with E-state index in [1.54, 1.807) is 49.4 Å². The van der Waals surface area contributed by atoms with Crippen LogP contribution in [0.3, 0.4) is 0 Å². The molecule has 3 rings (SSSR count). The molecule has 1 aromatic heterocycles. The number of carbonyl (C=O) groups is 2. The van der Waals surface area contributed by atoms with Crippen molar-refractivity contribution in [1.29, 1.82) is 0 Å². The fourth-order valence-corrected chi connectivity index (χ4v) is 3.43. The first kappa shape index (κ1) is 21.0. The van der Waals surface area contributed by atoms with Crippen molar-refractivity contribution in [2.75, 3.05) is 18.4 Å². The van der Waals surface area contributed by atoms with Crippen molar-refractivity contribution in [3.8, 4) is 0 Å². The van der Waals surface area contributed by atoms with E-state index in [1.165, 1.54) is 9.47 Å². The monoisotopic (exact) mass is 435 g/mol. The number of anilines is 1. The number of carbonyl (C=O) groups excluding carboxylic acids is 2. The highest BCUT2D eigenvalue weighted by molar-refractivity contribution is 6.39. The highest BCUT2D eigenvalue weighted by Gasteiger charge is 2.18. The van der Waals surface area contributed by atoms with Crippen LogP contribution in [0, 0.1) is 0 Å². The Morgan fingerprint density at radius 2 is 1.79 bits per heavy atom. The number of hydrogen-bond acceptors (Lipinski definition) is 4. The number of benzene rings is 2. The van der Waals surface area contributed by atoms with Gasteiger partial charge in [0.05, 0.1) is 27.8 Å². The molecule has 1 N–H and O–H groups in total. The molecule has 0 saturated carbocycles. The molecule has 0 aliphatic rings. The van der Waals surface area contributed by atoms with Crippen LogP contribution in [0.25, 0.3) is 11.1 Å². The Morgan fingerprint density at radius 1 is 1.10 bits per heavy atom. The molecular formula is C20H19Cl2N3O4. The van der Waals surface area contributed by atoms with E-state index in [1.807, 2.05) is 0 Å². The Balaban J connectivity index is 1.63. The van der Waals surface area contributed by atoms with Gasteiger partial charge in [0, 0.05) is 19.5 Å². The number of hydrogen-bond donors (Lipinski definition) is 1. The maximum atomic E-state index is 12.6. The van der Waals surface area contributed by atoms with Gasteiger partial charge in [-0.3, -0.25) is 14.2 Å². The molecule has 0 atom stereocenters. The normalized spacial score (nSPS) is 10.9. The topological polar surface area (TPSA) is 84.5 Å². The predicted octanol–water partition coefficient (Wildman–Crippen LogP) is 3.78. The number of aromatic nitrogens is 1. The highest BCUT2D eigenvalue weighted by Crippen LogP contribution is 2.29. The van der Waals surface area contributed by atoms with Crippen LogP contribution in [-0.4, -0.2) is 34.4 Å². The number of aryl methyl sites for hydroxylation is 1. The maximum Gasteiger partial charge on any atom is 0.419 e. The van der Waals surface area contributed by atoms with E-state index in [0.29, 0.717) is 33.4 Å². The van der Waals surface area contributed by atoms with Crippen molar-refractivity contribution >= 4 is 51.8 Å². The fraction of sp³-hybridized carbons (Fsp3) is 0.250. The lowest BCUT2D eigenvalue weighted by molar-refractivity contribution is -0.134. The van der Waals surface area contributed by atoms with Gasteiger partial charge >= 0.3 is 5.76 Å². The van der Waals surface area contributed by atoms with Gasteiger partial charge in [-0.25, -0.2) is 4.79 Å². The Hall–Kier alpha value is -2.77. The van der Waals surface area contributed by atoms with Gasteiger partial charge in [0.15, 0.2) is 5.58 Å². The SMILES string of the molecule is CCN(CC(=O)Nc1c(Cl)cccc1Cl)C(=O)CCn1c(=O)oc2ccccc21. The smallest absolute Gasteiger partial charge is 0.408 e. The predicted molar refractivity (Wildman–Crippen MR) is 112 cm³/mol. The van der Waals surface area contributed by atoms with Gasteiger partial charge in [-0.15, -0.1) is 0 Å². The zero-order valence-electron chi connectivity index (χ0n) is 15.7. The van der Waals surface area contributed by atoms with Crippen LogP contribution in [-0.2, 0) is 16.1 Å². The lowest BCUT2D eigenvalue weighted by Crippen LogP contribution is -2.38. The van der Waals surface area contributed by atoms with Crippen molar-refractivity contribution in [1.82, 2.24) is 9.47 Å². The summed E-state index contributed by atoms with van der Waals surface area (Å²) in [6, 6.07) is 11.9. The summed E-state index contributed by atoms with van der Waals surface area (Å²) >= 11 is 12.1. The van der Waals surface area contributed by atoms with Gasteiger partial charge in [0.1, 0.15) is 0 Å². The number of halogens is 2. The molecule has 0 radical (unpaired) electrons. The standard InChI is InChI=1S/C20H19Cl2N3O4/c1-2-24(12-17(26)23-19-13(21)6-5-7-14(19)22)18(27)10-11-25-15-8-3-4-9-16(15)29-20(25)28/h3-9H,2,10-12H2,1H3,(H,23,26). The van der Waals surface area contributed by atoms with Gasteiger partial charge < -0.3 is 14.6 Å². The van der Waals surface area contributed by atoms with Gasteiger partial charge in [0.25, 0.3) is 0 Å². The Bertz CT molecular complexity index is 1090. The van der Waals surface area contributed by atoms with Gasteiger partial charge in [-0.05, 0) is 31.2 Å². The number of oxazole rings is 1. The van der Waals surface area contributed by atoms with Crippen molar-refractivity contribution in [3.63, 3.8) is 0 Å². The Morgan fingerprint density at radius 3 is 2.48 bits per heavy atom. The summed E-state index contributed by atoms with van der Waals surface area (Å²) in [7, 11) is 0. The number of nitrogens with one attached hydrogen (secondary N) is 1. The van der Waals surface area contributed by atoms with Gasteiger partial charge in [-0.2, -0.15) is 0 Å². The molecule has 0 bridgehead atoms. The van der Waals surface area contributed by atoms with Crippen LogP contribution in [0.2, 0.25) is 10.0 Å². The Labute approximate surface area is 176 Å². The van der Waals surface area contributed by atoms with Crippen LogP contribution >= 0.6 is 23.2 Å². The average molecular weight is 436 g/mol.